The van der Waals surface area contributed by atoms with Crippen LogP contribution >= 0.6 is 11.5 Å². The third-order valence-corrected chi connectivity index (χ3v) is 27.4. The number of carbonyl (C=O) groups is 3. The number of pyridine rings is 6. The molecular formula is C107H88N34O6S. The number of aromatic amines is 1. The monoisotopic (exact) mass is 1980 g/mol. The van der Waals surface area contributed by atoms with Gasteiger partial charge in [0.2, 0.25) is 5.95 Å². The topological polar surface area (TPSA) is 435 Å². The van der Waals surface area contributed by atoms with Crippen LogP contribution in [-0.2, 0) is 26.7 Å². The van der Waals surface area contributed by atoms with Gasteiger partial charge in [-0.2, -0.15) is 4.68 Å². The Bertz CT molecular complexity index is 8820. The summed E-state index contributed by atoms with van der Waals surface area (Å²) in [7, 11) is 1.87. The number of rotatable bonds is 18. The van der Waals surface area contributed by atoms with Crippen LogP contribution in [-0.4, -0.2) is 170 Å². The third kappa shape index (κ3) is 18.0. The SMILES string of the molecule is CC(C)n1cnnc1-c1cccc(N2Cc3ccc(-c4cccnc4)cc3C2=O)n1.Cn1c2ccccc2c(=O)n1-c1cccc(-c2nncn2C2CC2)n1.O=C1c2ccccc2CN1c1cccc(-n2ccnn2)n1.O=C1c2ccccc2CN1c1nccc(-c2nncn2C2CC2)n1.O=c1c2ccccc2[nH]n1-c1cccc(-c2nncn2C2CC2)n1.O=c1c2ccccc2sn1-c1cccc(-c2nncn2C2CC2)n1. The maximum absolute atomic E-state index is 13.2. The number of hydrogen-bond donors (Lipinski definition) is 1. The molecule has 0 atom stereocenters. The number of anilines is 3. The summed E-state index contributed by atoms with van der Waals surface area (Å²) in [6.07, 6.45) is 26.4. The van der Waals surface area contributed by atoms with E-state index in [0.29, 0.717) is 129 Å². The Labute approximate surface area is 844 Å². The number of amides is 3. The molecule has 0 bridgehead atoms. The molecular weight excluding hydrogens is 1890 g/mol. The number of carbonyl (C=O) groups excluding carboxylic acids is 3. The molecule has 4 saturated carbocycles. The minimum atomic E-state index is -0.112. The summed E-state index contributed by atoms with van der Waals surface area (Å²) in [6.45, 7) is 5.67. The molecule has 29 rings (SSSR count). The second-order valence-corrected chi connectivity index (χ2v) is 37.5. The van der Waals surface area contributed by atoms with Crippen molar-refractivity contribution in [1.82, 2.24) is 152 Å². The van der Waals surface area contributed by atoms with Gasteiger partial charge in [0, 0.05) is 78.1 Å². The lowest BCUT2D eigenvalue weighted by Crippen LogP contribution is -2.25. The number of benzene rings is 6. The molecule has 22 aromatic rings. The Kier molecular flexibility index (Phi) is 24.0. The highest BCUT2D eigenvalue weighted by Crippen LogP contribution is 2.43. The van der Waals surface area contributed by atoms with E-state index in [2.05, 4.69) is 124 Å². The van der Waals surface area contributed by atoms with Crippen LogP contribution in [0.2, 0.25) is 0 Å². The van der Waals surface area contributed by atoms with Crippen LogP contribution in [0.15, 0.2) is 326 Å². The molecule has 16 aromatic heterocycles. The fourth-order valence-corrected chi connectivity index (χ4v) is 19.2. The molecule has 6 aromatic carbocycles. The molecule has 7 aliphatic rings. The van der Waals surface area contributed by atoms with Crippen molar-refractivity contribution in [2.75, 3.05) is 14.7 Å². The van der Waals surface area contributed by atoms with Crippen LogP contribution in [0.25, 0.3) is 124 Å². The molecule has 3 amide bonds. The van der Waals surface area contributed by atoms with Crippen molar-refractivity contribution in [2.24, 2.45) is 7.05 Å². The number of nitrogens with one attached hydrogen (secondary N) is 1. The minimum absolute atomic E-state index is 0.0196. The van der Waals surface area contributed by atoms with Gasteiger partial charge in [-0.15, -0.1) is 56.1 Å². The fourth-order valence-electron chi connectivity index (χ4n) is 18.3. The fraction of sp³-hybridized carbons (Fsp3) is 0.178. The van der Waals surface area contributed by atoms with Crippen LogP contribution < -0.4 is 31.4 Å². The van der Waals surface area contributed by atoms with E-state index in [1.807, 2.05) is 251 Å². The zero-order chi connectivity index (χ0) is 100. The second-order valence-electron chi connectivity index (χ2n) is 36.5. The number of H-pyrrole nitrogens is 1. The molecule has 41 heteroatoms. The summed E-state index contributed by atoms with van der Waals surface area (Å²) in [5, 5.41) is 54.0. The first-order valence-electron chi connectivity index (χ1n) is 48.3. The highest BCUT2D eigenvalue weighted by Gasteiger charge is 2.37. The lowest BCUT2D eigenvalue weighted by Gasteiger charge is -2.16. The van der Waals surface area contributed by atoms with Gasteiger partial charge in [-0.3, -0.25) is 58.2 Å². The average Bonchev–Trinajstić information content (AvgIpc) is 1.80. The maximum Gasteiger partial charge on any atom is 0.280 e. The Morgan fingerprint density at radius 1 is 0.365 bits per heavy atom. The van der Waals surface area contributed by atoms with Crippen molar-refractivity contribution < 1.29 is 14.4 Å². The van der Waals surface area contributed by atoms with E-state index in [-0.39, 0.29) is 40.4 Å². The van der Waals surface area contributed by atoms with Gasteiger partial charge in [0.1, 0.15) is 77.6 Å². The minimum Gasteiger partial charge on any atom is -0.310 e. The van der Waals surface area contributed by atoms with E-state index in [4.69, 9.17) is 9.97 Å². The van der Waals surface area contributed by atoms with Gasteiger partial charge in [-0.1, -0.05) is 127 Å². The highest BCUT2D eigenvalue weighted by atomic mass is 32.1. The number of aryl methyl sites for hydroxylation is 1. The lowest BCUT2D eigenvalue weighted by atomic mass is 10.0. The van der Waals surface area contributed by atoms with E-state index in [1.54, 1.807) is 109 Å². The summed E-state index contributed by atoms with van der Waals surface area (Å²) in [5.74, 6) is 7.51. The Hall–Kier alpha value is -19.2. The van der Waals surface area contributed by atoms with Crippen LogP contribution in [0, 0.1) is 0 Å². The molecule has 19 heterocycles. The van der Waals surface area contributed by atoms with E-state index >= 15 is 0 Å². The predicted molar refractivity (Wildman–Crippen MR) is 551 cm³/mol. The second kappa shape index (κ2) is 38.9. The zero-order valence-electron chi connectivity index (χ0n) is 79.7. The van der Waals surface area contributed by atoms with Crippen LogP contribution in [0.4, 0.5) is 17.6 Å². The molecule has 3 aliphatic heterocycles. The first-order valence-corrected chi connectivity index (χ1v) is 49.1. The van der Waals surface area contributed by atoms with Crippen LogP contribution in [0.1, 0.15) is 143 Å². The number of aromatic nitrogens is 31. The van der Waals surface area contributed by atoms with Gasteiger partial charge in [0.25, 0.3) is 34.4 Å². The van der Waals surface area contributed by atoms with Crippen molar-refractivity contribution >= 4 is 78.7 Å². The van der Waals surface area contributed by atoms with E-state index in [0.717, 1.165) is 141 Å². The number of para-hydroxylation sites is 2. The average molecular weight is 1980 g/mol. The summed E-state index contributed by atoms with van der Waals surface area (Å²) < 4.78 is 19.2. The quantitative estimate of drug-likeness (QED) is 0.0833. The Morgan fingerprint density at radius 3 is 1.42 bits per heavy atom. The molecule has 0 saturated heterocycles. The predicted octanol–water partition coefficient (Wildman–Crippen LogP) is 15.9. The van der Waals surface area contributed by atoms with Crippen molar-refractivity contribution in [3.8, 4) is 92.0 Å². The molecule has 0 spiro atoms. The normalized spacial score (nSPS) is 14.3. The summed E-state index contributed by atoms with van der Waals surface area (Å²) in [4.78, 5) is 117. The molecule has 4 aliphatic carbocycles. The van der Waals surface area contributed by atoms with E-state index in [9.17, 15) is 28.8 Å². The molecule has 0 radical (unpaired) electrons. The molecule has 4 fully saturated rings. The van der Waals surface area contributed by atoms with Gasteiger partial charge in [0.05, 0.1) is 63.9 Å². The Morgan fingerprint density at radius 2 is 0.845 bits per heavy atom. The van der Waals surface area contributed by atoms with E-state index < -0.39 is 0 Å². The van der Waals surface area contributed by atoms with E-state index in [1.165, 1.54) is 16.2 Å². The van der Waals surface area contributed by atoms with Gasteiger partial charge in [0.15, 0.2) is 46.6 Å². The summed E-state index contributed by atoms with van der Waals surface area (Å²) >= 11 is 1.40. The zero-order valence-corrected chi connectivity index (χ0v) is 80.5. The smallest absolute Gasteiger partial charge is 0.280 e. The number of fused-ring (bicyclic) bond motifs is 6. The maximum atomic E-state index is 13.2. The van der Waals surface area contributed by atoms with Crippen molar-refractivity contribution in [2.45, 2.75) is 115 Å². The highest BCUT2D eigenvalue weighted by molar-refractivity contribution is 7.14. The molecule has 728 valence electrons. The largest absolute Gasteiger partial charge is 0.310 e. The molecule has 0 unspecified atom stereocenters. The van der Waals surface area contributed by atoms with Crippen molar-refractivity contribution in [3.63, 3.8) is 0 Å². The van der Waals surface area contributed by atoms with Crippen LogP contribution in [0.3, 0.4) is 0 Å². The molecule has 40 nitrogen and oxygen atoms in total. The molecule has 148 heavy (non-hydrogen) atoms. The summed E-state index contributed by atoms with van der Waals surface area (Å²) in [6, 6.07) is 79.6. The first kappa shape index (κ1) is 91.3. The lowest BCUT2D eigenvalue weighted by molar-refractivity contribution is 0.0987. The van der Waals surface area contributed by atoms with Crippen molar-refractivity contribution in [3.05, 3.63) is 376 Å². The molecule has 1 N–H and O–H groups in total. The number of hydrogen-bond acceptors (Lipinski definition) is 27. The Balaban J connectivity index is 0.0000000951. The van der Waals surface area contributed by atoms with Gasteiger partial charge < -0.3 is 22.8 Å². The van der Waals surface area contributed by atoms with Gasteiger partial charge in [-0.25, -0.2) is 48.2 Å². The van der Waals surface area contributed by atoms with Gasteiger partial charge in [-0.05, 0) is 226 Å². The summed E-state index contributed by atoms with van der Waals surface area (Å²) in [5.41, 5.74) is 12.1. The van der Waals surface area contributed by atoms with Crippen molar-refractivity contribution in [1.29, 1.82) is 0 Å². The first-order chi connectivity index (χ1) is 72.6. The van der Waals surface area contributed by atoms with Gasteiger partial charge >= 0.3 is 0 Å². The number of nitrogens with zero attached hydrogens (tertiary/aromatic N) is 33. The van der Waals surface area contributed by atoms with Crippen LogP contribution in [0.5, 0.6) is 0 Å². The third-order valence-electron chi connectivity index (χ3n) is 26.3. The standard InChI is InChI=1S/C23H20N6O.C18H16N6O.2C17H14N6O.C17H13N5OS.C15H11N5O/c1-15(2)29-14-25-27-22(29)20-6-3-7-21(26-20)28-13-18-9-8-16(11-19(18)23(28)30)17-5-4-10-24-12-17;1-22-15-7-3-2-5-13(15)18(25)24(22)16-8-4-6-14(20-16)17-21-19-11-23(17)12-9-10-12;24-17-12-4-1-2-5-13(12)21-23(17)15-7-3-6-14(19-15)16-20-18-10-22(16)11-8-9-11;24-16-13-4-2-1-3-11(13)9-22(16)17-18-8-7-14(20-17)15-21-19-10-23(15)12-5-6-12;23-17-12-4-1-2-6-14(12)24-22(17)15-7-3-5-13(19-15)16-20-18-10-21(16)11-8-9-11;21-15-12-5-2-1-4-11(12)10-19(15)13-6-3-7-14(17-13)20-9-8-16-18-20/h3-12,14-15H,13H2,1-2H3;2-8,11-12H,9-10H2,1H3;1-7,10-11,21H,8-9H2;1-4,7-8,10,12H,5-6,9H2;1-7,10-11H,8-9H2;1-9H,10H2.